The molecule has 1 amide bonds. The fraction of sp³-hybridized carbons (Fsp3) is 0.333. The number of nitrogens with zero attached hydrogens (tertiary/aromatic N) is 3. The van der Waals surface area contributed by atoms with E-state index in [1.807, 2.05) is 30.3 Å². The molecule has 0 fully saturated rings. The number of amides is 1. The topological polar surface area (TPSA) is 51.3 Å². The minimum atomic E-state index is 0.0667. The number of fused-ring (bicyclic) bond motifs is 1. The monoisotopic (exact) mass is 381 g/mol. The lowest BCUT2D eigenvalue weighted by Gasteiger charge is -2.17. The first kappa shape index (κ1) is 17.9. The highest BCUT2D eigenvalue weighted by molar-refractivity contribution is 7.99. The van der Waals surface area contributed by atoms with Crippen LogP contribution in [0.5, 0.6) is 0 Å². The van der Waals surface area contributed by atoms with Crippen molar-refractivity contribution < 1.29 is 9.21 Å². The molecule has 0 unspecified atom stereocenters. The first-order chi connectivity index (χ1) is 13.2. The second kappa shape index (κ2) is 8.05. The fourth-order valence-corrected chi connectivity index (χ4v) is 4.41. The van der Waals surface area contributed by atoms with Crippen molar-refractivity contribution in [1.82, 2.24) is 14.5 Å². The second-order valence-corrected chi connectivity index (χ2v) is 7.73. The third-order valence-electron chi connectivity index (χ3n) is 4.84. The summed E-state index contributed by atoms with van der Waals surface area (Å²) in [5.41, 5.74) is 3.60. The van der Waals surface area contributed by atoms with Gasteiger partial charge in [-0.2, -0.15) is 0 Å². The van der Waals surface area contributed by atoms with Crippen LogP contribution in [-0.4, -0.2) is 33.2 Å². The average Bonchev–Trinajstić information content (AvgIpc) is 3.33. The van der Waals surface area contributed by atoms with Gasteiger partial charge in [-0.3, -0.25) is 9.36 Å². The van der Waals surface area contributed by atoms with E-state index in [0.29, 0.717) is 12.3 Å². The summed E-state index contributed by atoms with van der Waals surface area (Å²) in [6.45, 7) is 0.482. The van der Waals surface area contributed by atoms with Crippen LogP contribution < -0.4 is 0 Å². The van der Waals surface area contributed by atoms with E-state index in [1.165, 1.54) is 36.0 Å². The number of para-hydroxylation sites is 1. The molecule has 6 heteroatoms. The maximum absolute atomic E-state index is 12.6. The lowest BCUT2D eigenvalue weighted by molar-refractivity contribution is -0.127. The molecule has 1 aliphatic rings. The SMILES string of the molecule is CN(Cc1ccco1)C(=O)CSc1nc2c(n1-c1ccccc1)CCCC2. The summed E-state index contributed by atoms with van der Waals surface area (Å²) in [6, 6.07) is 14.0. The zero-order chi connectivity index (χ0) is 18.6. The van der Waals surface area contributed by atoms with Crippen molar-refractivity contribution in [3.05, 3.63) is 65.9 Å². The highest BCUT2D eigenvalue weighted by Gasteiger charge is 2.22. The van der Waals surface area contributed by atoms with Crippen LogP contribution in [0.2, 0.25) is 0 Å². The predicted molar refractivity (Wildman–Crippen MR) is 106 cm³/mol. The highest BCUT2D eigenvalue weighted by atomic mass is 32.2. The van der Waals surface area contributed by atoms with E-state index in [1.54, 1.807) is 18.2 Å². The van der Waals surface area contributed by atoms with E-state index in [9.17, 15) is 4.79 Å². The molecule has 2 aromatic heterocycles. The van der Waals surface area contributed by atoms with Crippen LogP contribution in [0.4, 0.5) is 0 Å². The average molecular weight is 382 g/mol. The summed E-state index contributed by atoms with van der Waals surface area (Å²) in [5, 5.41) is 0.910. The molecule has 0 bridgehead atoms. The molecule has 1 aromatic carbocycles. The van der Waals surface area contributed by atoms with E-state index in [2.05, 4.69) is 16.7 Å². The minimum Gasteiger partial charge on any atom is -0.467 e. The van der Waals surface area contributed by atoms with Gasteiger partial charge in [0.05, 0.1) is 24.3 Å². The molecule has 0 spiro atoms. The molecule has 3 aromatic rings. The second-order valence-electron chi connectivity index (χ2n) is 6.78. The molecular weight excluding hydrogens is 358 g/mol. The number of benzene rings is 1. The van der Waals surface area contributed by atoms with Gasteiger partial charge in [-0.05, 0) is 49.9 Å². The number of carbonyl (C=O) groups is 1. The summed E-state index contributed by atoms with van der Waals surface area (Å²) in [6.07, 6.45) is 6.08. The van der Waals surface area contributed by atoms with Gasteiger partial charge in [-0.25, -0.2) is 4.98 Å². The lowest BCUT2D eigenvalue weighted by atomic mass is 10.0. The standard InChI is InChI=1S/C21H23N3O2S/c1-23(14-17-10-7-13-26-17)20(25)15-27-21-22-18-11-5-6-12-19(18)24(21)16-8-3-2-4-9-16/h2-4,7-10,13H,5-6,11-12,14-15H2,1H3. The molecule has 0 atom stereocenters. The maximum atomic E-state index is 12.6. The van der Waals surface area contributed by atoms with E-state index < -0.39 is 0 Å². The van der Waals surface area contributed by atoms with Crippen molar-refractivity contribution in [1.29, 1.82) is 0 Å². The number of aromatic nitrogens is 2. The molecule has 0 N–H and O–H groups in total. The summed E-state index contributed by atoms with van der Waals surface area (Å²) in [4.78, 5) is 19.1. The Morgan fingerprint density at radius 3 is 2.78 bits per heavy atom. The van der Waals surface area contributed by atoms with Crippen molar-refractivity contribution in [3.8, 4) is 5.69 Å². The summed E-state index contributed by atoms with van der Waals surface area (Å²) in [7, 11) is 1.81. The summed E-state index contributed by atoms with van der Waals surface area (Å²) >= 11 is 1.51. The van der Waals surface area contributed by atoms with Crippen LogP contribution >= 0.6 is 11.8 Å². The van der Waals surface area contributed by atoms with Gasteiger partial charge in [0.1, 0.15) is 5.76 Å². The Morgan fingerprint density at radius 1 is 1.19 bits per heavy atom. The smallest absolute Gasteiger partial charge is 0.233 e. The van der Waals surface area contributed by atoms with Gasteiger partial charge in [-0.15, -0.1) is 0 Å². The number of rotatable bonds is 6. The van der Waals surface area contributed by atoms with E-state index in [4.69, 9.17) is 9.40 Å². The number of furan rings is 1. The third kappa shape index (κ3) is 3.95. The Balaban J connectivity index is 1.52. The molecule has 0 aliphatic heterocycles. The molecule has 2 heterocycles. The lowest BCUT2D eigenvalue weighted by Crippen LogP contribution is -2.27. The first-order valence-electron chi connectivity index (χ1n) is 9.27. The molecule has 1 aliphatic carbocycles. The van der Waals surface area contributed by atoms with Crippen molar-refractivity contribution >= 4 is 17.7 Å². The van der Waals surface area contributed by atoms with Gasteiger partial charge in [-0.1, -0.05) is 30.0 Å². The minimum absolute atomic E-state index is 0.0667. The molecule has 0 saturated carbocycles. The Hall–Kier alpha value is -2.47. The first-order valence-corrected chi connectivity index (χ1v) is 10.3. The Bertz CT molecular complexity index is 903. The van der Waals surface area contributed by atoms with Gasteiger partial charge in [0.2, 0.25) is 5.91 Å². The zero-order valence-electron chi connectivity index (χ0n) is 15.4. The normalized spacial score (nSPS) is 13.4. The van der Waals surface area contributed by atoms with Crippen LogP contribution in [-0.2, 0) is 24.2 Å². The Morgan fingerprint density at radius 2 is 2.00 bits per heavy atom. The quantitative estimate of drug-likeness (QED) is 0.604. The Kier molecular flexibility index (Phi) is 5.34. The largest absolute Gasteiger partial charge is 0.467 e. The number of aryl methyl sites for hydroxylation is 1. The van der Waals surface area contributed by atoms with Crippen LogP contribution in [0.15, 0.2) is 58.3 Å². The molecule has 4 rings (SSSR count). The van der Waals surface area contributed by atoms with Gasteiger partial charge >= 0.3 is 0 Å². The van der Waals surface area contributed by atoms with Crippen molar-refractivity contribution in [2.75, 3.05) is 12.8 Å². The molecular formula is C21H23N3O2S. The van der Waals surface area contributed by atoms with Crippen LogP contribution in [0.25, 0.3) is 5.69 Å². The van der Waals surface area contributed by atoms with Gasteiger partial charge in [0.15, 0.2) is 5.16 Å². The van der Waals surface area contributed by atoms with Gasteiger partial charge < -0.3 is 9.32 Å². The molecule has 0 saturated heterocycles. The van der Waals surface area contributed by atoms with E-state index in [-0.39, 0.29) is 5.91 Å². The predicted octanol–water partition coefficient (Wildman–Crippen LogP) is 4.09. The molecule has 27 heavy (non-hydrogen) atoms. The number of carbonyl (C=O) groups excluding carboxylic acids is 1. The maximum Gasteiger partial charge on any atom is 0.233 e. The number of thioether (sulfide) groups is 1. The Labute approximate surface area is 163 Å². The van der Waals surface area contributed by atoms with Crippen LogP contribution in [0.1, 0.15) is 30.0 Å². The highest BCUT2D eigenvalue weighted by Crippen LogP contribution is 2.30. The van der Waals surface area contributed by atoms with E-state index in [0.717, 1.165) is 29.4 Å². The van der Waals surface area contributed by atoms with Gasteiger partial charge in [0, 0.05) is 18.4 Å². The van der Waals surface area contributed by atoms with E-state index >= 15 is 0 Å². The van der Waals surface area contributed by atoms with Crippen molar-refractivity contribution in [2.45, 2.75) is 37.4 Å². The summed E-state index contributed by atoms with van der Waals surface area (Å²) in [5.74, 6) is 1.22. The summed E-state index contributed by atoms with van der Waals surface area (Å²) < 4.78 is 7.57. The van der Waals surface area contributed by atoms with Crippen molar-refractivity contribution in [2.24, 2.45) is 0 Å². The molecule has 0 radical (unpaired) electrons. The van der Waals surface area contributed by atoms with Gasteiger partial charge in [0.25, 0.3) is 0 Å². The fourth-order valence-electron chi connectivity index (χ4n) is 3.42. The van der Waals surface area contributed by atoms with Crippen molar-refractivity contribution in [3.63, 3.8) is 0 Å². The number of hydrogen-bond acceptors (Lipinski definition) is 4. The molecule has 5 nitrogen and oxygen atoms in total. The zero-order valence-corrected chi connectivity index (χ0v) is 16.2. The van der Waals surface area contributed by atoms with Crippen LogP contribution in [0.3, 0.4) is 0 Å². The number of imidazole rings is 1. The van der Waals surface area contributed by atoms with Crippen LogP contribution in [0, 0.1) is 0 Å². The number of hydrogen-bond donors (Lipinski definition) is 0. The third-order valence-corrected chi connectivity index (χ3v) is 5.76. The molecule has 140 valence electrons.